The van der Waals surface area contributed by atoms with Gasteiger partial charge in [0.2, 0.25) is 5.95 Å². The molecule has 7 nitrogen and oxygen atoms in total. The van der Waals surface area contributed by atoms with Gasteiger partial charge in [-0.1, -0.05) is 59.2 Å². The highest BCUT2D eigenvalue weighted by molar-refractivity contribution is 6.30. The molecule has 0 saturated heterocycles. The van der Waals surface area contributed by atoms with Crippen LogP contribution in [0.4, 0.5) is 5.95 Å². The fraction of sp³-hybridized carbons (Fsp3) is 0.158. The minimum absolute atomic E-state index is 0.264. The number of nitrogens with one attached hydrogen (secondary N) is 1. The van der Waals surface area contributed by atoms with Crippen molar-refractivity contribution in [3.05, 3.63) is 76.3 Å². The number of esters is 1. The van der Waals surface area contributed by atoms with E-state index in [-0.39, 0.29) is 6.61 Å². The number of hydrogen-bond acceptors (Lipinski definition) is 6. The highest BCUT2D eigenvalue weighted by atomic mass is 35.5. The number of halogens is 1. The minimum Gasteiger partial charge on any atom is -0.463 e. The summed E-state index contributed by atoms with van der Waals surface area (Å²) in [6, 6.07) is 16.3. The summed E-state index contributed by atoms with van der Waals surface area (Å²) in [5.41, 5.74) is 2.72. The zero-order valence-electron chi connectivity index (χ0n) is 14.5. The number of ether oxygens (including phenoxy) is 1. The van der Waals surface area contributed by atoms with Crippen LogP contribution in [-0.4, -0.2) is 32.8 Å². The molecule has 1 N–H and O–H groups in total. The molecule has 0 unspecified atom stereocenters. The molecule has 0 saturated carbocycles. The molecule has 2 heterocycles. The molecule has 1 aromatic heterocycles. The van der Waals surface area contributed by atoms with Crippen LogP contribution in [0.25, 0.3) is 5.70 Å². The number of benzene rings is 2. The summed E-state index contributed by atoms with van der Waals surface area (Å²) in [5.74, 6) is 0.0202. The molecule has 3 aromatic rings. The molecule has 1 atom stereocenters. The van der Waals surface area contributed by atoms with E-state index < -0.39 is 12.0 Å². The van der Waals surface area contributed by atoms with Crippen molar-refractivity contribution < 1.29 is 9.53 Å². The lowest BCUT2D eigenvalue weighted by Crippen LogP contribution is -2.30. The second-order valence-corrected chi connectivity index (χ2v) is 6.34. The first-order valence-corrected chi connectivity index (χ1v) is 8.84. The molecule has 8 heteroatoms. The van der Waals surface area contributed by atoms with Gasteiger partial charge in [-0.2, -0.15) is 4.68 Å². The number of rotatable bonds is 4. The van der Waals surface area contributed by atoms with Gasteiger partial charge in [-0.15, -0.1) is 0 Å². The van der Waals surface area contributed by atoms with Crippen molar-refractivity contribution in [2.45, 2.75) is 13.0 Å². The van der Waals surface area contributed by atoms with Crippen LogP contribution in [0.5, 0.6) is 0 Å². The van der Waals surface area contributed by atoms with Crippen molar-refractivity contribution in [2.75, 3.05) is 11.9 Å². The van der Waals surface area contributed by atoms with Crippen LogP contribution in [-0.2, 0) is 9.53 Å². The first kappa shape index (κ1) is 17.2. The maximum absolute atomic E-state index is 12.9. The molecule has 1 aliphatic heterocycles. The average molecular weight is 382 g/mol. The van der Waals surface area contributed by atoms with E-state index in [0.29, 0.717) is 22.2 Å². The summed E-state index contributed by atoms with van der Waals surface area (Å²) < 4.78 is 6.93. The van der Waals surface area contributed by atoms with Crippen LogP contribution in [0, 0.1) is 0 Å². The number of aromatic nitrogens is 4. The lowest BCUT2D eigenvalue weighted by atomic mass is 9.93. The average Bonchev–Trinajstić information content (AvgIpc) is 3.16. The molecule has 27 heavy (non-hydrogen) atoms. The van der Waals surface area contributed by atoms with Gasteiger partial charge in [-0.05, 0) is 40.6 Å². The number of fused-ring (bicyclic) bond motifs is 1. The minimum atomic E-state index is -0.539. The molecule has 0 bridgehead atoms. The van der Waals surface area contributed by atoms with Crippen molar-refractivity contribution >= 4 is 29.2 Å². The Morgan fingerprint density at radius 1 is 1.19 bits per heavy atom. The van der Waals surface area contributed by atoms with E-state index in [2.05, 4.69) is 20.8 Å². The Kier molecular flexibility index (Phi) is 4.60. The van der Waals surface area contributed by atoms with Crippen molar-refractivity contribution in [3.8, 4) is 0 Å². The summed E-state index contributed by atoms with van der Waals surface area (Å²) in [7, 11) is 0. The molecule has 1 aliphatic rings. The van der Waals surface area contributed by atoms with Gasteiger partial charge in [0.25, 0.3) is 0 Å². The normalized spacial score (nSPS) is 15.9. The van der Waals surface area contributed by atoms with Gasteiger partial charge in [0.15, 0.2) is 0 Å². The molecule has 0 aliphatic carbocycles. The standard InChI is InChI=1S/C19H16ClN5O2/c1-2-27-18(26)15-16(12-6-4-3-5-7-12)21-19-22-23-24-25(19)17(15)13-8-10-14(20)11-9-13/h3-11,17H,2H2,1H3,(H,21,22,24)/t17-/m0/s1. The van der Waals surface area contributed by atoms with Crippen LogP contribution < -0.4 is 5.32 Å². The molecule has 4 rings (SSSR count). The lowest BCUT2D eigenvalue weighted by Gasteiger charge is -2.28. The molecular weight excluding hydrogens is 366 g/mol. The van der Waals surface area contributed by atoms with Crippen LogP contribution >= 0.6 is 11.6 Å². The fourth-order valence-corrected chi connectivity index (χ4v) is 3.22. The number of carbonyl (C=O) groups is 1. The van der Waals surface area contributed by atoms with Gasteiger partial charge in [0.1, 0.15) is 6.04 Å². The summed E-state index contributed by atoms with van der Waals surface area (Å²) in [6.07, 6.45) is 0. The number of anilines is 1. The Morgan fingerprint density at radius 3 is 2.63 bits per heavy atom. The Balaban J connectivity index is 1.95. The Labute approximate surface area is 160 Å². The van der Waals surface area contributed by atoms with Gasteiger partial charge in [-0.25, -0.2) is 4.79 Å². The third kappa shape index (κ3) is 3.17. The van der Waals surface area contributed by atoms with E-state index in [4.69, 9.17) is 16.3 Å². The molecule has 0 amide bonds. The monoisotopic (exact) mass is 381 g/mol. The zero-order chi connectivity index (χ0) is 18.8. The first-order chi connectivity index (χ1) is 13.2. The van der Waals surface area contributed by atoms with Gasteiger partial charge in [0.05, 0.1) is 17.9 Å². The Hall–Kier alpha value is -3.19. The van der Waals surface area contributed by atoms with Gasteiger partial charge in [-0.3, -0.25) is 0 Å². The van der Waals surface area contributed by atoms with Crippen molar-refractivity contribution in [2.24, 2.45) is 0 Å². The van der Waals surface area contributed by atoms with Gasteiger partial charge >= 0.3 is 5.97 Å². The highest BCUT2D eigenvalue weighted by Gasteiger charge is 2.36. The third-order valence-electron chi connectivity index (χ3n) is 4.26. The number of hydrogen-bond donors (Lipinski definition) is 1. The van der Waals surface area contributed by atoms with E-state index >= 15 is 0 Å². The highest BCUT2D eigenvalue weighted by Crippen LogP contribution is 2.38. The number of nitrogens with zero attached hydrogens (tertiary/aromatic N) is 4. The van der Waals surface area contributed by atoms with E-state index in [1.165, 1.54) is 0 Å². The molecular formula is C19H16ClN5O2. The SMILES string of the molecule is CCOC(=O)C1=C(c2ccccc2)Nc2nnnn2[C@H]1c1ccc(Cl)cc1. The largest absolute Gasteiger partial charge is 0.463 e. The Morgan fingerprint density at radius 2 is 1.93 bits per heavy atom. The predicted molar refractivity (Wildman–Crippen MR) is 101 cm³/mol. The number of carbonyl (C=O) groups excluding carboxylic acids is 1. The van der Waals surface area contributed by atoms with Crippen molar-refractivity contribution in [1.82, 2.24) is 20.2 Å². The van der Waals surface area contributed by atoms with Crippen LogP contribution in [0.1, 0.15) is 24.1 Å². The molecule has 136 valence electrons. The van der Waals surface area contributed by atoms with Crippen LogP contribution in [0.3, 0.4) is 0 Å². The van der Waals surface area contributed by atoms with Gasteiger partial charge in [0, 0.05) is 5.02 Å². The maximum atomic E-state index is 12.9. The predicted octanol–water partition coefficient (Wildman–Crippen LogP) is 3.32. The molecule has 2 aromatic carbocycles. The van der Waals surface area contributed by atoms with Crippen LogP contribution in [0.15, 0.2) is 60.2 Å². The Bertz CT molecular complexity index is 998. The lowest BCUT2D eigenvalue weighted by molar-refractivity contribution is -0.138. The van der Waals surface area contributed by atoms with E-state index in [0.717, 1.165) is 11.1 Å². The second kappa shape index (κ2) is 7.20. The topological polar surface area (TPSA) is 81.9 Å². The quantitative estimate of drug-likeness (QED) is 0.698. The van der Waals surface area contributed by atoms with E-state index in [1.807, 2.05) is 42.5 Å². The van der Waals surface area contributed by atoms with Gasteiger partial charge < -0.3 is 10.1 Å². The second-order valence-electron chi connectivity index (χ2n) is 5.90. The van der Waals surface area contributed by atoms with Crippen LogP contribution in [0.2, 0.25) is 5.02 Å². The van der Waals surface area contributed by atoms with Crippen molar-refractivity contribution in [1.29, 1.82) is 0 Å². The van der Waals surface area contributed by atoms with E-state index in [1.54, 1.807) is 23.7 Å². The zero-order valence-corrected chi connectivity index (χ0v) is 15.2. The summed E-state index contributed by atoms with van der Waals surface area (Å²) in [4.78, 5) is 12.9. The molecule has 0 radical (unpaired) electrons. The van der Waals surface area contributed by atoms with Crippen molar-refractivity contribution in [3.63, 3.8) is 0 Å². The first-order valence-electron chi connectivity index (χ1n) is 8.46. The fourth-order valence-electron chi connectivity index (χ4n) is 3.10. The molecule has 0 spiro atoms. The summed E-state index contributed by atoms with van der Waals surface area (Å²) in [5, 5.41) is 15.7. The number of tetrazole rings is 1. The summed E-state index contributed by atoms with van der Waals surface area (Å²) in [6.45, 7) is 2.04. The maximum Gasteiger partial charge on any atom is 0.338 e. The summed E-state index contributed by atoms with van der Waals surface area (Å²) >= 11 is 6.04. The molecule has 0 fully saturated rings. The smallest absolute Gasteiger partial charge is 0.338 e. The van der Waals surface area contributed by atoms with E-state index in [9.17, 15) is 4.79 Å². The third-order valence-corrected chi connectivity index (χ3v) is 4.51.